The lowest BCUT2D eigenvalue weighted by atomic mass is 9.97. The molecule has 7 heteroatoms. The molecule has 2 N–H and O–H groups in total. The first-order chi connectivity index (χ1) is 9.56. The quantitative estimate of drug-likeness (QED) is 0.782. The van der Waals surface area contributed by atoms with Gasteiger partial charge in [-0.2, -0.15) is 5.10 Å². The lowest BCUT2D eigenvalue weighted by Crippen LogP contribution is -2.44. The number of carboxylic acid groups (broad SMARTS) is 1. The second-order valence-corrected chi connectivity index (χ2v) is 5.08. The first-order valence-electron chi connectivity index (χ1n) is 6.76. The Labute approximate surface area is 117 Å². The molecule has 1 saturated heterocycles. The van der Waals surface area contributed by atoms with Gasteiger partial charge in [-0.1, -0.05) is 0 Å². The maximum Gasteiger partial charge on any atom is 0.306 e. The molecule has 0 unspecified atom stereocenters. The van der Waals surface area contributed by atoms with Crippen molar-refractivity contribution in [2.75, 3.05) is 19.6 Å². The number of nitrogens with one attached hydrogen (secondary N) is 1. The average Bonchev–Trinajstić information content (AvgIpc) is 2.84. The van der Waals surface area contributed by atoms with Gasteiger partial charge in [-0.3, -0.25) is 14.3 Å². The molecule has 7 nitrogen and oxygen atoms in total. The number of amides is 1. The van der Waals surface area contributed by atoms with E-state index in [9.17, 15) is 9.59 Å². The van der Waals surface area contributed by atoms with E-state index < -0.39 is 5.97 Å². The number of aromatic nitrogens is 2. The maximum atomic E-state index is 12.0. The topological polar surface area (TPSA) is 87.5 Å². The fourth-order valence-corrected chi connectivity index (χ4v) is 2.34. The molecule has 1 aliphatic rings. The summed E-state index contributed by atoms with van der Waals surface area (Å²) < 4.78 is 1.72. The van der Waals surface area contributed by atoms with Gasteiger partial charge < -0.3 is 15.3 Å². The summed E-state index contributed by atoms with van der Waals surface area (Å²) >= 11 is 0. The number of hydrogen-bond acceptors (Lipinski definition) is 4. The van der Waals surface area contributed by atoms with Crippen molar-refractivity contribution in [2.24, 2.45) is 13.0 Å². The Morgan fingerprint density at radius 3 is 2.70 bits per heavy atom. The van der Waals surface area contributed by atoms with Gasteiger partial charge in [0, 0.05) is 32.9 Å². The minimum atomic E-state index is -0.759. The second-order valence-electron chi connectivity index (χ2n) is 5.08. The van der Waals surface area contributed by atoms with Gasteiger partial charge in [0.15, 0.2) is 0 Å². The molecule has 20 heavy (non-hydrogen) atoms. The molecule has 1 aromatic rings. The van der Waals surface area contributed by atoms with Gasteiger partial charge >= 0.3 is 5.97 Å². The summed E-state index contributed by atoms with van der Waals surface area (Å²) in [5.74, 6) is -1.05. The first kappa shape index (κ1) is 14.5. The Bertz CT molecular complexity index is 478. The molecule has 0 aromatic carbocycles. The summed E-state index contributed by atoms with van der Waals surface area (Å²) in [6, 6.07) is 1.90. The Morgan fingerprint density at radius 2 is 2.15 bits per heavy atom. The number of rotatable bonds is 5. The predicted molar refractivity (Wildman–Crippen MR) is 71.9 cm³/mol. The molecule has 0 bridgehead atoms. The standard InChI is InChI=1S/C13H20N4O3/c1-16-5-4-11(15-16)8-14-9-12(18)17-6-2-10(3-7-17)13(19)20/h4-5,10,14H,2-3,6-9H2,1H3,(H,19,20). The van der Waals surface area contributed by atoms with Crippen LogP contribution in [0.2, 0.25) is 0 Å². The van der Waals surface area contributed by atoms with Crippen LogP contribution >= 0.6 is 0 Å². The number of aryl methyl sites for hydroxylation is 1. The second kappa shape index (κ2) is 6.51. The number of aliphatic carboxylic acids is 1. The fourth-order valence-electron chi connectivity index (χ4n) is 2.34. The van der Waals surface area contributed by atoms with Crippen LogP contribution in [-0.2, 0) is 23.2 Å². The summed E-state index contributed by atoms with van der Waals surface area (Å²) in [6.45, 7) is 1.87. The number of nitrogens with zero attached hydrogens (tertiary/aromatic N) is 3. The minimum Gasteiger partial charge on any atom is -0.481 e. The third-order valence-corrected chi connectivity index (χ3v) is 3.55. The van der Waals surface area contributed by atoms with Crippen molar-refractivity contribution in [3.8, 4) is 0 Å². The van der Waals surface area contributed by atoms with Crippen molar-refractivity contribution in [1.82, 2.24) is 20.0 Å². The SMILES string of the molecule is Cn1ccc(CNCC(=O)N2CCC(C(=O)O)CC2)n1. The number of likely N-dealkylation sites (tertiary alicyclic amines) is 1. The van der Waals surface area contributed by atoms with Crippen molar-refractivity contribution in [2.45, 2.75) is 19.4 Å². The van der Waals surface area contributed by atoms with E-state index >= 15 is 0 Å². The fraction of sp³-hybridized carbons (Fsp3) is 0.615. The maximum absolute atomic E-state index is 12.0. The third-order valence-electron chi connectivity index (χ3n) is 3.55. The molecule has 2 heterocycles. The molecule has 0 saturated carbocycles. The minimum absolute atomic E-state index is 0.0183. The zero-order chi connectivity index (χ0) is 14.5. The first-order valence-corrected chi connectivity index (χ1v) is 6.76. The van der Waals surface area contributed by atoms with Crippen LogP contribution in [-0.4, -0.2) is 51.3 Å². The van der Waals surface area contributed by atoms with E-state index in [0.29, 0.717) is 32.5 Å². The Kier molecular flexibility index (Phi) is 4.73. The van der Waals surface area contributed by atoms with Crippen LogP contribution in [0.4, 0.5) is 0 Å². The summed E-state index contributed by atoms with van der Waals surface area (Å²) in [6.07, 6.45) is 2.94. The molecule has 2 rings (SSSR count). The van der Waals surface area contributed by atoms with Gasteiger partial charge in [0.05, 0.1) is 18.2 Å². The smallest absolute Gasteiger partial charge is 0.306 e. The highest BCUT2D eigenvalue weighted by Crippen LogP contribution is 2.17. The van der Waals surface area contributed by atoms with Gasteiger partial charge in [0.2, 0.25) is 5.91 Å². The van der Waals surface area contributed by atoms with Crippen molar-refractivity contribution in [3.63, 3.8) is 0 Å². The Hall–Kier alpha value is -1.89. The normalized spacial score (nSPS) is 16.4. The summed E-state index contributed by atoms with van der Waals surface area (Å²) in [5, 5.41) is 16.2. The molecule has 1 aromatic heterocycles. The van der Waals surface area contributed by atoms with Gasteiger partial charge in [-0.05, 0) is 18.9 Å². The zero-order valence-electron chi connectivity index (χ0n) is 11.6. The number of carboxylic acids is 1. The van der Waals surface area contributed by atoms with Gasteiger partial charge in [-0.15, -0.1) is 0 Å². The molecule has 1 fully saturated rings. The van der Waals surface area contributed by atoms with Crippen molar-refractivity contribution in [3.05, 3.63) is 18.0 Å². The van der Waals surface area contributed by atoms with Crippen LogP contribution in [0.5, 0.6) is 0 Å². The van der Waals surface area contributed by atoms with E-state index in [4.69, 9.17) is 5.11 Å². The van der Waals surface area contributed by atoms with E-state index in [1.165, 1.54) is 0 Å². The molecule has 110 valence electrons. The van der Waals surface area contributed by atoms with E-state index in [2.05, 4.69) is 10.4 Å². The van der Waals surface area contributed by atoms with E-state index in [-0.39, 0.29) is 18.4 Å². The number of piperidine rings is 1. The van der Waals surface area contributed by atoms with Crippen LogP contribution in [0, 0.1) is 5.92 Å². The number of carbonyl (C=O) groups excluding carboxylic acids is 1. The Morgan fingerprint density at radius 1 is 1.45 bits per heavy atom. The lowest BCUT2D eigenvalue weighted by molar-refractivity contribution is -0.145. The molecule has 1 aliphatic heterocycles. The summed E-state index contributed by atoms with van der Waals surface area (Å²) in [7, 11) is 1.85. The van der Waals surface area contributed by atoms with E-state index in [0.717, 1.165) is 5.69 Å². The van der Waals surface area contributed by atoms with Crippen molar-refractivity contribution < 1.29 is 14.7 Å². The summed E-state index contributed by atoms with van der Waals surface area (Å²) in [4.78, 5) is 24.5. The largest absolute Gasteiger partial charge is 0.481 e. The lowest BCUT2D eigenvalue weighted by Gasteiger charge is -2.30. The molecule has 0 atom stereocenters. The molecular formula is C13H20N4O3. The molecule has 0 spiro atoms. The van der Waals surface area contributed by atoms with Gasteiger partial charge in [-0.25, -0.2) is 0 Å². The van der Waals surface area contributed by atoms with Crippen LogP contribution in [0.25, 0.3) is 0 Å². The number of hydrogen-bond donors (Lipinski definition) is 2. The monoisotopic (exact) mass is 280 g/mol. The highest BCUT2D eigenvalue weighted by atomic mass is 16.4. The zero-order valence-corrected chi connectivity index (χ0v) is 11.6. The van der Waals surface area contributed by atoms with Crippen LogP contribution in [0.1, 0.15) is 18.5 Å². The van der Waals surface area contributed by atoms with Crippen LogP contribution < -0.4 is 5.32 Å². The molecule has 0 radical (unpaired) electrons. The highest BCUT2D eigenvalue weighted by molar-refractivity contribution is 5.78. The summed E-state index contributed by atoms with van der Waals surface area (Å²) in [5.41, 5.74) is 0.893. The van der Waals surface area contributed by atoms with Gasteiger partial charge in [0.1, 0.15) is 0 Å². The molecule has 0 aliphatic carbocycles. The Balaban J connectivity index is 1.69. The highest BCUT2D eigenvalue weighted by Gasteiger charge is 2.26. The van der Waals surface area contributed by atoms with Crippen molar-refractivity contribution in [1.29, 1.82) is 0 Å². The third kappa shape index (κ3) is 3.80. The molecular weight excluding hydrogens is 260 g/mol. The van der Waals surface area contributed by atoms with Gasteiger partial charge in [0.25, 0.3) is 0 Å². The average molecular weight is 280 g/mol. The van der Waals surface area contributed by atoms with Crippen molar-refractivity contribution >= 4 is 11.9 Å². The van der Waals surface area contributed by atoms with Crippen LogP contribution in [0.15, 0.2) is 12.3 Å². The van der Waals surface area contributed by atoms with E-state index in [1.54, 1.807) is 9.58 Å². The molecule has 1 amide bonds. The number of carbonyl (C=O) groups is 2. The predicted octanol–water partition coefficient (Wildman–Crippen LogP) is -0.167. The van der Waals surface area contributed by atoms with Crippen LogP contribution in [0.3, 0.4) is 0 Å². The van der Waals surface area contributed by atoms with E-state index in [1.807, 2.05) is 19.3 Å².